The number of thioether (sulfide) groups is 1. The molecule has 2 aliphatic rings. The van der Waals surface area contributed by atoms with Crippen molar-refractivity contribution in [1.29, 1.82) is 0 Å². The first-order valence-electron chi connectivity index (χ1n) is 12.4. The number of carboxylic acid groups (broad SMARTS) is 1. The molecule has 0 unspecified atom stereocenters. The van der Waals surface area contributed by atoms with Crippen molar-refractivity contribution in [3.8, 4) is 11.5 Å². The third kappa shape index (κ3) is 6.59. The minimum absolute atomic E-state index is 0.275. The molecular formula is C27H34N2O8S. The summed E-state index contributed by atoms with van der Waals surface area (Å²) in [4.78, 5) is 17.8. The number of nitrogens with zero attached hydrogens (tertiary/aromatic N) is 2. The molecule has 0 radical (unpaired) electrons. The van der Waals surface area contributed by atoms with Crippen molar-refractivity contribution in [3.63, 3.8) is 0 Å². The van der Waals surface area contributed by atoms with Gasteiger partial charge in [-0.3, -0.25) is 9.89 Å². The van der Waals surface area contributed by atoms with E-state index >= 15 is 0 Å². The zero-order chi connectivity index (χ0) is 27.1. The number of rotatable bonds is 11. The summed E-state index contributed by atoms with van der Waals surface area (Å²) >= 11 is 1.29. The summed E-state index contributed by atoms with van der Waals surface area (Å²) in [6.45, 7) is 2.96. The Hall–Kier alpha value is -2.83. The molecule has 0 spiro atoms. The Balaban J connectivity index is 1.59. The lowest BCUT2D eigenvalue weighted by molar-refractivity contribution is -0.207. The Morgan fingerprint density at radius 3 is 1.97 bits per heavy atom. The Bertz CT molecular complexity index is 1080. The molecule has 1 N–H and O–H groups in total. The van der Waals surface area contributed by atoms with Crippen LogP contribution in [0.15, 0.2) is 53.5 Å². The van der Waals surface area contributed by atoms with Crippen molar-refractivity contribution in [2.45, 2.75) is 49.9 Å². The van der Waals surface area contributed by atoms with Crippen LogP contribution >= 0.6 is 11.8 Å². The van der Waals surface area contributed by atoms with Gasteiger partial charge in [0, 0.05) is 13.7 Å². The molecule has 2 aliphatic heterocycles. The fourth-order valence-electron chi connectivity index (χ4n) is 4.39. The first kappa shape index (κ1) is 28.2. The highest BCUT2D eigenvalue weighted by Crippen LogP contribution is 2.40. The third-order valence-corrected chi connectivity index (χ3v) is 7.57. The Kier molecular flexibility index (Phi) is 9.86. The van der Waals surface area contributed by atoms with Crippen LogP contribution in [0.1, 0.15) is 18.1 Å². The minimum Gasteiger partial charge on any atom is -0.497 e. The van der Waals surface area contributed by atoms with Crippen molar-refractivity contribution < 1.29 is 38.3 Å². The molecule has 0 aliphatic carbocycles. The lowest BCUT2D eigenvalue weighted by Gasteiger charge is -2.42. The number of hydrogen-bond donors (Lipinski definition) is 1. The van der Waals surface area contributed by atoms with E-state index in [0.717, 1.165) is 22.6 Å². The number of ether oxygens (including phenoxy) is 6. The maximum atomic E-state index is 11.8. The molecule has 0 saturated carbocycles. The van der Waals surface area contributed by atoms with Crippen molar-refractivity contribution in [2.24, 2.45) is 4.99 Å². The maximum Gasteiger partial charge on any atom is 0.413 e. The molecular weight excluding hydrogens is 512 g/mol. The summed E-state index contributed by atoms with van der Waals surface area (Å²) in [6.07, 6.45) is -2.52. The highest BCUT2D eigenvalue weighted by Gasteiger charge is 2.51. The van der Waals surface area contributed by atoms with E-state index in [9.17, 15) is 9.90 Å². The van der Waals surface area contributed by atoms with Crippen LogP contribution in [0, 0.1) is 0 Å². The van der Waals surface area contributed by atoms with Gasteiger partial charge in [0.05, 0.1) is 34.0 Å². The highest BCUT2D eigenvalue weighted by molar-refractivity contribution is 8.14. The topological polar surface area (TPSA) is 108 Å². The Labute approximate surface area is 226 Å². The molecule has 4 rings (SSSR count). The average molecular weight is 547 g/mol. The second-order valence-corrected chi connectivity index (χ2v) is 9.86. The first-order chi connectivity index (χ1) is 18.5. The van der Waals surface area contributed by atoms with Crippen LogP contribution in [-0.2, 0) is 32.2 Å². The molecule has 38 heavy (non-hydrogen) atoms. The van der Waals surface area contributed by atoms with Crippen LogP contribution in [0.25, 0.3) is 0 Å². The summed E-state index contributed by atoms with van der Waals surface area (Å²) in [5.74, 6) is 1.52. The van der Waals surface area contributed by atoms with Gasteiger partial charge in [-0.05, 0) is 42.3 Å². The molecule has 1 saturated heterocycles. The van der Waals surface area contributed by atoms with Crippen molar-refractivity contribution in [2.75, 3.05) is 34.5 Å². The largest absolute Gasteiger partial charge is 0.497 e. The molecule has 11 heteroatoms. The van der Waals surface area contributed by atoms with Gasteiger partial charge in [-0.15, -0.1) is 0 Å². The van der Waals surface area contributed by atoms with Gasteiger partial charge in [0.2, 0.25) is 0 Å². The molecule has 0 aromatic heterocycles. The van der Waals surface area contributed by atoms with Crippen LogP contribution < -0.4 is 9.47 Å². The van der Waals surface area contributed by atoms with E-state index < -0.39 is 35.9 Å². The first-order valence-corrected chi connectivity index (χ1v) is 13.2. The van der Waals surface area contributed by atoms with Gasteiger partial charge < -0.3 is 33.5 Å². The summed E-state index contributed by atoms with van der Waals surface area (Å²) in [5.41, 5.74) is 1.49. The quantitative estimate of drug-likeness (QED) is 0.447. The van der Waals surface area contributed by atoms with Gasteiger partial charge in [-0.1, -0.05) is 36.0 Å². The van der Waals surface area contributed by atoms with Crippen LogP contribution in [0.4, 0.5) is 4.79 Å². The van der Waals surface area contributed by atoms with Crippen molar-refractivity contribution in [3.05, 3.63) is 59.7 Å². The molecule has 2 heterocycles. The minimum atomic E-state index is -1.06. The van der Waals surface area contributed by atoms with E-state index in [-0.39, 0.29) is 13.2 Å². The molecule has 2 aromatic rings. The second kappa shape index (κ2) is 13.3. The number of methoxy groups -OCH3 is 3. The number of amides is 1. The number of carbonyl (C=O) groups is 1. The van der Waals surface area contributed by atoms with Gasteiger partial charge in [0.1, 0.15) is 41.3 Å². The van der Waals surface area contributed by atoms with Gasteiger partial charge in [-0.25, -0.2) is 4.79 Å². The molecule has 2 aromatic carbocycles. The van der Waals surface area contributed by atoms with Gasteiger partial charge >= 0.3 is 6.09 Å². The predicted octanol–water partition coefficient (Wildman–Crippen LogP) is 4.02. The Morgan fingerprint density at radius 1 is 0.947 bits per heavy atom. The molecule has 206 valence electrons. The summed E-state index contributed by atoms with van der Waals surface area (Å²) in [6, 6.07) is 14.8. The summed E-state index contributed by atoms with van der Waals surface area (Å²) in [7, 11) is 4.86. The smallest absolute Gasteiger partial charge is 0.413 e. The van der Waals surface area contributed by atoms with Crippen LogP contribution in [0.5, 0.6) is 11.5 Å². The zero-order valence-electron chi connectivity index (χ0n) is 21.9. The lowest BCUT2D eigenvalue weighted by atomic mass is 9.97. The molecule has 0 bridgehead atoms. The van der Waals surface area contributed by atoms with E-state index in [1.54, 1.807) is 28.3 Å². The van der Waals surface area contributed by atoms with Crippen LogP contribution in [0.3, 0.4) is 0 Å². The SMILES string of the molecule is CCN(C(=O)O)C1=N[C@@H]2[C@@H](OCc3ccc(OC)cc3)[C@H](OCc3ccc(OC)cc3)[C@@H](COC)O[C@@H]2S1. The second-order valence-electron chi connectivity index (χ2n) is 8.79. The predicted molar refractivity (Wildman–Crippen MR) is 143 cm³/mol. The number of amidine groups is 1. The maximum absolute atomic E-state index is 11.8. The number of benzene rings is 2. The highest BCUT2D eigenvalue weighted by atomic mass is 32.2. The van der Waals surface area contributed by atoms with Crippen molar-refractivity contribution in [1.82, 2.24) is 4.90 Å². The van der Waals surface area contributed by atoms with Gasteiger partial charge in [0.15, 0.2) is 5.17 Å². The molecule has 5 atom stereocenters. The van der Waals surface area contributed by atoms with Crippen molar-refractivity contribution >= 4 is 23.0 Å². The van der Waals surface area contributed by atoms with E-state index in [4.69, 9.17) is 33.4 Å². The molecule has 10 nitrogen and oxygen atoms in total. The van der Waals surface area contributed by atoms with E-state index in [1.807, 2.05) is 48.5 Å². The monoisotopic (exact) mass is 546 g/mol. The number of aliphatic imine (C=N–C) groups is 1. The van der Waals surface area contributed by atoms with E-state index in [2.05, 4.69) is 0 Å². The standard InChI is InChI=1S/C27H34N2O8S/c1-5-29(27(30)31)26-28-22-24(36-15-18-8-12-20(34-4)13-9-18)23(21(16-32-2)37-25(22)38-26)35-14-17-6-10-19(33-3)11-7-17/h6-13,21-25H,5,14-16H2,1-4H3,(H,30,31)/t21-,22-,23-,24-,25-/m1/s1. The van der Waals surface area contributed by atoms with Gasteiger partial charge in [0.25, 0.3) is 0 Å². The number of fused-ring (bicyclic) bond motifs is 1. The van der Waals surface area contributed by atoms with E-state index in [0.29, 0.717) is 18.4 Å². The lowest BCUT2D eigenvalue weighted by Crippen LogP contribution is -2.58. The van der Waals surface area contributed by atoms with Gasteiger partial charge in [-0.2, -0.15) is 0 Å². The number of hydrogen-bond acceptors (Lipinski definition) is 9. The zero-order valence-corrected chi connectivity index (χ0v) is 22.8. The average Bonchev–Trinajstić information content (AvgIpc) is 3.35. The fraction of sp³-hybridized carbons (Fsp3) is 0.481. The van der Waals surface area contributed by atoms with Crippen LogP contribution in [-0.4, -0.2) is 85.5 Å². The van der Waals surface area contributed by atoms with E-state index in [1.165, 1.54) is 16.7 Å². The third-order valence-electron chi connectivity index (χ3n) is 6.41. The molecule has 1 amide bonds. The normalized spacial score (nSPS) is 24.4. The summed E-state index contributed by atoms with van der Waals surface area (Å²) in [5, 5.41) is 10.0. The summed E-state index contributed by atoms with van der Waals surface area (Å²) < 4.78 is 35.3. The Morgan fingerprint density at radius 2 is 1.50 bits per heavy atom. The van der Waals surface area contributed by atoms with Crippen LogP contribution in [0.2, 0.25) is 0 Å². The molecule has 1 fully saturated rings. The fourth-order valence-corrected chi connectivity index (χ4v) is 5.67.